The van der Waals surface area contributed by atoms with Crippen LogP contribution in [0.3, 0.4) is 0 Å². The van der Waals surface area contributed by atoms with Crippen LogP contribution in [-0.4, -0.2) is 34.6 Å². The minimum atomic E-state index is -0.479. The first-order chi connectivity index (χ1) is 13.4. The molecule has 0 saturated heterocycles. The number of thioether (sulfide) groups is 1. The van der Waals surface area contributed by atoms with Crippen LogP contribution in [0.25, 0.3) is 0 Å². The highest BCUT2D eigenvalue weighted by Crippen LogP contribution is 2.20. The Morgan fingerprint density at radius 3 is 2.25 bits per heavy atom. The molecule has 1 N–H and O–H groups in total. The molecule has 0 radical (unpaired) electrons. The van der Waals surface area contributed by atoms with Gasteiger partial charge in [0, 0.05) is 17.5 Å². The van der Waals surface area contributed by atoms with Gasteiger partial charge < -0.3 is 10.2 Å². The Bertz CT molecular complexity index is 760. The maximum Gasteiger partial charge on any atom is 0.243 e. The highest BCUT2D eigenvalue weighted by Gasteiger charge is 2.28. The number of carbonyl (C=O) groups is 2. The molecule has 0 saturated carbocycles. The number of hydrogen-bond acceptors (Lipinski definition) is 3. The highest BCUT2D eigenvalue weighted by atomic mass is 32.2. The van der Waals surface area contributed by atoms with Crippen molar-refractivity contribution in [1.29, 1.82) is 0 Å². The summed E-state index contributed by atoms with van der Waals surface area (Å²) < 4.78 is 0. The Labute approximate surface area is 172 Å². The Morgan fingerprint density at radius 2 is 1.68 bits per heavy atom. The molecule has 0 heterocycles. The summed E-state index contributed by atoms with van der Waals surface area (Å²) in [7, 11) is 0. The minimum Gasteiger partial charge on any atom is -0.352 e. The summed E-state index contributed by atoms with van der Waals surface area (Å²) in [6.07, 6.45) is 0.576. The van der Waals surface area contributed by atoms with Gasteiger partial charge in [-0.2, -0.15) is 0 Å². The van der Waals surface area contributed by atoms with Crippen LogP contribution in [0.5, 0.6) is 0 Å². The maximum absolute atomic E-state index is 13.1. The van der Waals surface area contributed by atoms with Gasteiger partial charge in [-0.15, -0.1) is 11.8 Å². The van der Waals surface area contributed by atoms with E-state index in [1.165, 1.54) is 17.3 Å². The predicted molar refractivity (Wildman–Crippen MR) is 116 cm³/mol. The van der Waals surface area contributed by atoms with Crippen molar-refractivity contribution in [2.24, 2.45) is 0 Å². The molecule has 0 aliphatic carbocycles. The molecule has 0 aliphatic rings. The Kier molecular flexibility index (Phi) is 8.58. The minimum absolute atomic E-state index is 0.0276. The van der Waals surface area contributed by atoms with Crippen LogP contribution in [0.4, 0.5) is 0 Å². The van der Waals surface area contributed by atoms with E-state index < -0.39 is 6.04 Å². The molecule has 0 bridgehead atoms. The number of rotatable bonds is 9. The van der Waals surface area contributed by atoms with Crippen LogP contribution in [-0.2, 0) is 16.1 Å². The third kappa shape index (κ3) is 6.71. The van der Waals surface area contributed by atoms with E-state index in [-0.39, 0.29) is 17.9 Å². The van der Waals surface area contributed by atoms with Crippen molar-refractivity contribution >= 4 is 23.6 Å². The van der Waals surface area contributed by atoms with Gasteiger partial charge in [0.2, 0.25) is 11.8 Å². The number of nitrogens with zero attached hydrogens (tertiary/aromatic N) is 1. The van der Waals surface area contributed by atoms with Crippen LogP contribution in [0, 0.1) is 6.92 Å². The van der Waals surface area contributed by atoms with E-state index >= 15 is 0 Å². The van der Waals surface area contributed by atoms with Gasteiger partial charge in [-0.05, 0) is 44.9 Å². The topological polar surface area (TPSA) is 49.4 Å². The van der Waals surface area contributed by atoms with E-state index in [1.807, 2.05) is 82.3 Å². The lowest BCUT2D eigenvalue weighted by Gasteiger charge is -2.31. The largest absolute Gasteiger partial charge is 0.352 e. The molecular weight excluding hydrogens is 368 g/mol. The zero-order valence-electron chi connectivity index (χ0n) is 17.1. The van der Waals surface area contributed by atoms with Crippen LogP contribution in [0.15, 0.2) is 59.5 Å². The molecule has 0 aromatic heterocycles. The SMILES string of the molecule is CC[C@H](C(=O)NC(C)C)N(Cc1ccc(C)cc1)C(=O)CSc1ccccc1. The predicted octanol–water partition coefficient (Wildman–Crippen LogP) is 4.42. The molecule has 28 heavy (non-hydrogen) atoms. The zero-order chi connectivity index (χ0) is 20.5. The van der Waals surface area contributed by atoms with E-state index in [4.69, 9.17) is 0 Å². The fourth-order valence-electron chi connectivity index (χ4n) is 2.94. The van der Waals surface area contributed by atoms with Gasteiger partial charge in [0.15, 0.2) is 0 Å². The average Bonchev–Trinajstić information content (AvgIpc) is 2.67. The molecule has 0 spiro atoms. The molecule has 2 amide bonds. The van der Waals surface area contributed by atoms with Gasteiger partial charge in [0.1, 0.15) is 6.04 Å². The summed E-state index contributed by atoms with van der Waals surface area (Å²) in [5.74, 6) is 0.185. The summed E-state index contributed by atoms with van der Waals surface area (Å²) in [6.45, 7) is 8.28. The van der Waals surface area contributed by atoms with E-state index in [2.05, 4.69) is 5.32 Å². The average molecular weight is 399 g/mol. The standard InChI is InChI=1S/C23H30N2O2S/c1-5-21(23(27)24-17(2)3)25(15-19-13-11-18(4)12-14-19)22(26)16-28-20-9-7-6-8-10-20/h6-14,17,21H,5,15-16H2,1-4H3,(H,24,27)/t21-/m1/s1. The maximum atomic E-state index is 13.1. The molecule has 4 nitrogen and oxygen atoms in total. The quantitative estimate of drug-likeness (QED) is 0.636. The lowest BCUT2D eigenvalue weighted by molar-refractivity contribution is -0.139. The second-order valence-electron chi connectivity index (χ2n) is 7.20. The summed E-state index contributed by atoms with van der Waals surface area (Å²) >= 11 is 1.50. The fourth-order valence-corrected chi connectivity index (χ4v) is 3.74. The first-order valence-corrected chi connectivity index (χ1v) is 10.7. The third-order valence-corrected chi connectivity index (χ3v) is 5.39. The van der Waals surface area contributed by atoms with Gasteiger partial charge in [0.25, 0.3) is 0 Å². The molecule has 1 atom stereocenters. The number of nitrogens with one attached hydrogen (secondary N) is 1. The van der Waals surface area contributed by atoms with Crippen molar-refractivity contribution in [2.45, 2.75) is 57.6 Å². The fraction of sp³-hybridized carbons (Fsp3) is 0.391. The summed E-state index contributed by atoms with van der Waals surface area (Å²) in [5, 5.41) is 2.96. The summed E-state index contributed by atoms with van der Waals surface area (Å²) in [5.41, 5.74) is 2.20. The van der Waals surface area contributed by atoms with E-state index in [1.54, 1.807) is 4.90 Å². The van der Waals surface area contributed by atoms with E-state index in [9.17, 15) is 9.59 Å². The second kappa shape index (κ2) is 10.9. The zero-order valence-corrected chi connectivity index (χ0v) is 18.0. The Morgan fingerprint density at radius 1 is 1.04 bits per heavy atom. The first kappa shape index (κ1) is 22.0. The van der Waals surface area contributed by atoms with Gasteiger partial charge in [-0.3, -0.25) is 9.59 Å². The van der Waals surface area contributed by atoms with Crippen molar-refractivity contribution < 1.29 is 9.59 Å². The molecule has 2 rings (SSSR count). The van der Waals surface area contributed by atoms with Crippen molar-refractivity contribution in [3.63, 3.8) is 0 Å². The first-order valence-electron chi connectivity index (χ1n) is 9.74. The Balaban J connectivity index is 2.18. The normalized spacial score (nSPS) is 11.9. The molecule has 0 aliphatic heterocycles. The van der Waals surface area contributed by atoms with Crippen LogP contribution >= 0.6 is 11.8 Å². The smallest absolute Gasteiger partial charge is 0.243 e. The summed E-state index contributed by atoms with van der Waals surface area (Å²) in [6, 6.07) is 17.5. The second-order valence-corrected chi connectivity index (χ2v) is 8.25. The number of hydrogen-bond donors (Lipinski definition) is 1. The van der Waals surface area contributed by atoms with Gasteiger partial charge in [-0.25, -0.2) is 0 Å². The summed E-state index contributed by atoms with van der Waals surface area (Å²) in [4.78, 5) is 28.6. The van der Waals surface area contributed by atoms with Crippen LogP contribution < -0.4 is 5.32 Å². The van der Waals surface area contributed by atoms with Crippen molar-refractivity contribution in [3.8, 4) is 0 Å². The van der Waals surface area contributed by atoms with Gasteiger partial charge in [-0.1, -0.05) is 55.0 Å². The number of amides is 2. The number of benzene rings is 2. The van der Waals surface area contributed by atoms with E-state index in [0.29, 0.717) is 18.7 Å². The van der Waals surface area contributed by atoms with E-state index in [0.717, 1.165) is 10.5 Å². The molecule has 0 fully saturated rings. The monoisotopic (exact) mass is 398 g/mol. The number of aryl methyl sites for hydroxylation is 1. The molecule has 0 unspecified atom stereocenters. The van der Waals surface area contributed by atoms with Crippen molar-refractivity contribution in [2.75, 3.05) is 5.75 Å². The van der Waals surface area contributed by atoms with Crippen LogP contribution in [0.2, 0.25) is 0 Å². The van der Waals surface area contributed by atoms with Gasteiger partial charge in [0.05, 0.1) is 5.75 Å². The highest BCUT2D eigenvalue weighted by molar-refractivity contribution is 8.00. The van der Waals surface area contributed by atoms with Gasteiger partial charge >= 0.3 is 0 Å². The number of carbonyl (C=O) groups excluding carboxylic acids is 2. The molecule has 5 heteroatoms. The molecule has 2 aromatic carbocycles. The third-order valence-electron chi connectivity index (χ3n) is 4.40. The lowest BCUT2D eigenvalue weighted by Crippen LogP contribution is -2.50. The van der Waals surface area contributed by atoms with Crippen molar-refractivity contribution in [3.05, 3.63) is 65.7 Å². The lowest BCUT2D eigenvalue weighted by atomic mass is 10.1. The van der Waals surface area contributed by atoms with Crippen molar-refractivity contribution in [1.82, 2.24) is 10.2 Å². The molecule has 150 valence electrons. The molecular formula is C23H30N2O2S. The Hall–Kier alpha value is -2.27. The van der Waals surface area contributed by atoms with Crippen LogP contribution in [0.1, 0.15) is 38.3 Å². The molecule has 2 aromatic rings.